The van der Waals surface area contributed by atoms with E-state index >= 15 is 0 Å². The Balaban J connectivity index is 3.83. The van der Waals surface area contributed by atoms with Crippen molar-refractivity contribution in [3.63, 3.8) is 0 Å². The van der Waals surface area contributed by atoms with E-state index in [1.165, 1.54) is 6.92 Å². The van der Waals surface area contributed by atoms with Gasteiger partial charge in [0.2, 0.25) is 0 Å². The van der Waals surface area contributed by atoms with Crippen molar-refractivity contribution >= 4 is 5.78 Å². The molecule has 0 aliphatic carbocycles. The molecule has 0 rings (SSSR count). The molecule has 0 aromatic heterocycles. The van der Waals surface area contributed by atoms with E-state index in [-0.39, 0.29) is 5.78 Å². The van der Waals surface area contributed by atoms with E-state index in [1.807, 2.05) is 21.0 Å². The summed E-state index contributed by atoms with van der Waals surface area (Å²) in [4.78, 5) is 10.5. The smallest absolute Gasteiger partial charge is 0.154 e. The molecule has 0 fully saturated rings. The lowest BCUT2D eigenvalue weighted by atomic mass is 10.3. The Morgan fingerprint density at radius 3 is 2.20 bits per heavy atom. The van der Waals surface area contributed by atoms with E-state index in [0.717, 1.165) is 5.70 Å². The third kappa shape index (κ3) is 5.31. The minimum atomic E-state index is 0.0619. The number of hydrazine groups is 1. The number of carbonyl (C=O) groups is 1. The molecule has 0 unspecified atom stereocenters. The minimum Gasteiger partial charge on any atom is -0.324 e. The molecule has 0 aliphatic rings. The Morgan fingerprint density at radius 2 is 1.90 bits per heavy atom. The normalized spacial score (nSPS) is 11.9. The summed E-state index contributed by atoms with van der Waals surface area (Å²) >= 11 is 0. The second-order valence-corrected chi connectivity index (χ2v) is 2.44. The molecule has 10 heavy (non-hydrogen) atoms. The van der Waals surface area contributed by atoms with Gasteiger partial charge in [-0.3, -0.25) is 4.79 Å². The molecule has 0 radical (unpaired) electrons. The van der Waals surface area contributed by atoms with Crippen LogP contribution in [0.5, 0.6) is 0 Å². The number of nitrogens with zero attached hydrogens (tertiary/aromatic N) is 1. The molecule has 0 saturated heterocycles. The Morgan fingerprint density at radius 1 is 1.40 bits per heavy atom. The van der Waals surface area contributed by atoms with Crippen molar-refractivity contribution in [1.29, 1.82) is 0 Å². The standard InChI is InChI=1S/C7H14N2O/c1-6(5-7(2)10)8-9(3)4/h5,8H,1-4H3/b6-5-. The maximum absolute atomic E-state index is 10.5. The summed E-state index contributed by atoms with van der Waals surface area (Å²) in [5.41, 5.74) is 3.81. The molecule has 0 atom stereocenters. The number of allylic oxidation sites excluding steroid dienone is 2. The summed E-state index contributed by atoms with van der Waals surface area (Å²) < 4.78 is 0. The van der Waals surface area contributed by atoms with E-state index in [9.17, 15) is 4.79 Å². The number of nitrogens with one attached hydrogen (secondary N) is 1. The number of hydrogen-bond acceptors (Lipinski definition) is 3. The zero-order chi connectivity index (χ0) is 8.15. The Labute approximate surface area is 61.7 Å². The summed E-state index contributed by atoms with van der Waals surface area (Å²) in [6.45, 7) is 3.38. The Hall–Kier alpha value is -0.830. The maximum Gasteiger partial charge on any atom is 0.154 e. The van der Waals surface area contributed by atoms with Crippen LogP contribution in [0.1, 0.15) is 13.8 Å². The molecule has 0 saturated carbocycles. The highest BCUT2D eigenvalue weighted by atomic mass is 16.1. The molecule has 0 heterocycles. The van der Waals surface area contributed by atoms with Gasteiger partial charge in [-0.1, -0.05) is 0 Å². The fraction of sp³-hybridized carbons (Fsp3) is 0.571. The van der Waals surface area contributed by atoms with Crippen LogP contribution in [0, 0.1) is 0 Å². The summed E-state index contributed by atoms with van der Waals surface area (Å²) in [5.74, 6) is 0.0619. The number of hydrogen-bond donors (Lipinski definition) is 1. The monoisotopic (exact) mass is 142 g/mol. The lowest BCUT2D eigenvalue weighted by molar-refractivity contribution is -0.112. The molecule has 0 aliphatic heterocycles. The first-order chi connectivity index (χ1) is 4.52. The first-order valence-electron chi connectivity index (χ1n) is 3.15. The fourth-order valence-corrected chi connectivity index (χ4v) is 0.690. The average Bonchev–Trinajstić information content (AvgIpc) is 1.58. The van der Waals surface area contributed by atoms with Gasteiger partial charge < -0.3 is 5.43 Å². The number of carbonyl (C=O) groups excluding carboxylic acids is 1. The summed E-state index contributed by atoms with van der Waals surface area (Å²) in [7, 11) is 3.74. The molecule has 3 heteroatoms. The highest BCUT2D eigenvalue weighted by molar-refractivity contribution is 5.87. The van der Waals surface area contributed by atoms with Crippen LogP contribution in [0.2, 0.25) is 0 Å². The summed E-state index contributed by atoms with van der Waals surface area (Å²) in [6, 6.07) is 0. The van der Waals surface area contributed by atoms with Crippen LogP contribution in [0.3, 0.4) is 0 Å². The predicted octanol–water partition coefficient (Wildman–Crippen LogP) is 0.545. The van der Waals surface area contributed by atoms with Crippen molar-refractivity contribution < 1.29 is 4.79 Å². The van der Waals surface area contributed by atoms with Gasteiger partial charge >= 0.3 is 0 Å². The van der Waals surface area contributed by atoms with Crippen LogP contribution in [0.25, 0.3) is 0 Å². The van der Waals surface area contributed by atoms with Gasteiger partial charge in [0.15, 0.2) is 5.78 Å². The van der Waals surface area contributed by atoms with Crippen LogP contribution >= 0.6 is 0 Å². The van der Waals surface area contributed by atoms with Gasteiger partial charge in [0, 0.05) is 25.9 Å². The molecular formula is C7H14N2O. The van der Waals surface area contributed by atoms with Crippen LogP contribution in [0.15, 0.2) is 11.8 Å². The Bertz CT molecular complexity index is 150. The van der Waals surface area contributed by atoms with Gasteiger partial charge in [-0.05, 0) is 13.8 Å². The largest absolute Gasteiger partial charge is 0.324 e. The molecule has 58 valence electrons. The first-order valence-corrected chi connectivity index (χ1v) is 3.15. The second-order valence-electron chi connectivity index (χ2n) is 2.44. The van der Waals surface area contributed by atoms with Crippen LogP contribution in [-0.2, 0) is 4.79 Å². The molecule has 0 spiro atoms. The molecular weight excluding hydrogens is 128 g/mol. The quantitative estimate of drug-likeness (QED) is 0.461. The zero-order valence-electron chi connectivity index (χ0n) is 6.93. The van der Waals surface area contributed by atoms with Gasteiger partial charge in [-0.15, -0.1) is 0 Å². The fourth-order valence-electron chi connectivity index (χ4n) is 0.690. The van der Waals surface area contributed by atoms with Gasteiger partial charge in [-0.25, -0.2) is 5.01 Å². The minimum absolute atomic E-state index is 0.0619. The van der Waals surface area contributed by atoms with Crippen LogP contribution < -0.4 is 5.43 Å². The molecule has 0 amide bonds. The van der Waals surface area contributed by atoms with E-state index in [2.05, 4.69) is 5.43 Å². The number of rotatable bonds is 3. The number of ketones is 1. The molecule has 0 bridgehead atoms. The molecule has 1 N–H and O–H groups in total. The first kappa shape index (κ1) is 9.17. The van der Waals surface area contributed by atoms with E-state index in [1.54, 1.807) is 11.1 Å². The third-order valence-corrected chi connectivity index (χ3v) is 0.820. The highest BCUT2D eigenvalue weighted by Crippen LogP contribution is 1.86. The average molecular weight is 142 g/mol. The SMILES string of the molecule is CC(=O)/C=C(/C)NN(C)C. The van der Waals surface area contributed by atoms with Crippen LogP contribution in [0.4, 0.5) is 0 Å². The molecule has 0 aromatic carbocycles. The summed E-state index contributed by atoms with van der Waals surface area (Å²) in [5, 5.41) is 1.79. The van der Waals surface area contributed by atoms with E-state index in [0.29, 0.717) is 0 Å². The summed E-state index contributed by atoms with van der Waals surface area (Å²) in [6.07, 6.45) is 1.56. The lowest BCUT2D eigenvalue weighted by Gasteiger charge is -2.12. The van der Waals surface area contributed by atoms with Gasteiger partial charge in [-0.2, -0.15) is 0 Å². The predicted molar refractivity (Wildman–Crippen MR) is 41.3 cm³/mol. The third-order valence-electron chi connectivity index (χ3n) is 0.820. The van der Waals surface area contributed by atoms with Crippen molar-refractivity contribution in [3.05, 3.63) is 11.8 Å². The van der Waals surface area contributed by atoms with E-state index < -0.39 is 0 Å². The highest BCUT2D eigenvalue weighted by Gasteiger charge is 1.90. The van der Waals surface area contributed by atoms with Crippen molar-refractivity contribution in [2.45, 2.75) is 13.8 Å². The van der Waals surface area contributed by atoms with Crippen molar-refractivity contribution in [2.24, 2.45) is 0 Å². The van der Waals surface area contributed by atoms with Crippen LogP contribution in [-0.4, -0.2) is 24.9 Å². The van der Waals surface area contributed by atoms with Crippen molar-refractivity contribution in [3.8, 4) is 0 Å². The van der Waals surface area contributed by atoms with Gasteiger partial charge in [0.25, 0.3) is 0 Å². The van der Waals surface area contributed by atoms with Gasteiger partial charge in [0.1, 0.15) is 0 Å². The molecule has 0 aromatic rings. The van der Waals surface area contributed by atoms with Crippen molar-refractivity contribution in [2.75, 3.05) is 14.1 Å². The van der Waals surface area contributed by atoms with Crippen molar-refractivity contribution in [1.82, 2.24) is 10.4 Å². The van der Waals surface area contributed by atoms with Gasteiger partial charge in [0.05, 0.1) is 0 Å². The topological polar surface area (TPSA) is 32.3 Å². The van der Waals surface area contributed by atoms with E-state index in [4.69, 9.17) is 0 Å². The Kier molecular flexibility index (Phi) is 3.72. The molecule has 3 nitrogen and oxygen atoms in total. The zero-order valence-corrected chi connectivity index (χ0v) is 6.93. The second kappa shape index (κ2) is 4.06. The lowest BCUT2D eigenvalue weighted by Crippen LogP contribution is -2.28. The maximum atomic E-state index is 10.5.